The van der Waals surface area contributed by atoms with Gasteiger partial charge in [-0.05, 0) is 17.5 Å². The van der Waals surface area contributed by atoms with Gasteiger partial charge in [0.1, 0.15) is 0 Å². The highest BCUT2D eigenvalue weighted by molar-refractivity contribution is 5.79. The average Bonchev–Trinajstić information content (AvgIpc) is 3.43. The van der Waals surface area contributed by atoms with Gasteiger partial charge in [0.05, 0.1) is 30.9 Å². The van der Waals surface area contributed by atoms with E-state index < -0.39 is 6.10 Å². The van der Waals surface area contributed by atoms with Crippen LogP contribution < -0.4 is 5.32 Å². The Hall–Kier alpha value is -2.96. The summed E-state index contributed by atoms with van der Waals surface area (Å²) >= 11 is 0. The standard InChI is InChI=1S/C24H27N3O3/c28-21(13-18-7-3-1-4-8-18)15-25-24(29)22-11-12-30-23(22)20-14-26-27(17-20)16-19-9-5-2-6-10-19/h1-10,14,17,21-23,28H,11-13,15-16H2,(H,25,29)/t21?,22-,23+/m0/s1. The highest BCUT2D eigenvalue weighted by Crippen LogP contribution is 2.34. The number of amides is 1. The number of hydrogen-bond acceptors (Lipinski definition) is 4. The first-order valence-corrected chi connectivity index (χ1v) is 10.4. The van der Waals surface area contributed by atoms with Crippen LogP contribution in [0.1, 0.15) is 29.2 Å². The van der Waals surface area contributed by atoms with Crippen molar-refractivity contribution in [2.45, 2.75) is 31.6 Å². The van der Waals surface area contributed by atoms with Gasteiger partial charge in [-0.15, -0.1) is 0 Å². The van der Waals surface area contributed by atoms with Crippen LogP contribution in [0.5, 0.6) is 0 Å². The van der Waals surface area contributed by atoms with Gasteiger partial charge in [0.25, 0.3) is 0 Å². The van der Waals surface area contributed by atoms with Crippen molar-refractivity contribution in [2.24, 2.45) is 5.92 Å². The van der Waals surface area contributed by atoms with Crippen molar-refractivity contribution in [1.29, 1.82) is 0 Å². The molecule has 1 aromatic heterocycles. The van der Waals surface area contributed by atoms with Crippen LogP contribution in [0.25, 0.3) is 0 Å². The molecule has 3 aromatic rings. The predicted molar refractivity (Wildman–Crippen MR) is 114 cm³/mol. The lowest BCUT2D eigenvalue weighted by Gasteiger charge is -2.18. The van der Waals surface area contributed by atoms with Crippen LogP contribution in [0.2, 0.25) is 0 Å². The number of aliphatic hydroxyl groups is 1. The number of ether oxygens (including phenoxy) is 1. The predicted octanol–water partition coefficient (Wildman–Crippen LogP) is 2.73. The molecule has 3 atom stereocenters. The first kappa shape index (κ1) is 20.3. The zero-order chi connectivity index (χ0) is 20.8. The molecular weight excluding hydrogens is 378 g/mol. The zero-order valence-corrected chi connectivity index (χ0v) is 16.9. The molecule has 0 bridgehead atoms. The van der Waals surface area contributed by atoms with E-state index in [9.17, 15) is 9.90 Å². The van der Waals surface area contributed by atoms with Crippen LogP contribution in [0, 0.1) is 5.92 Å². The van der Waals surface area contributed by atoms with Gasteiger partial charge in [0.2, 0.25) is 5.91 Å². The normalized spacial score (nSPS) is 19.5. The summed E-state index contributed by atoms with van der Waals surface area (Å²) < 4.78 is 7.73. The molecule has 2 aromatic carbocycles. The van der Waals surface area contributed by atoms with E-state index >= 15 is 0 Å². The largest absolute Gasteiger partial charge is 0.391 e. The molecule has 1 fully saturated rings. The minimum atomic E-state index is -0.620. The SMILES string of the molecule is O=C(NCC(O)Cc1ccccc1)[C@H]1CCO[C@@H]1c1cnn(Cc2ccccc2)c1. The van der Waals surface area contributed by atoms with Crippen LogP contribution in [-0.2, 0) is 22.5 Å². The van der Waals surface area contributed by atoms with Gasteiger partial charge in [0.15, 0.2) is 0 Å². The van der Waals surface area contributed by atoms with E-state index in [0.29, 0.717) is 26.0 Å². The molecular formula is C24H27N3O3. The summed E-state index contributed by atoms with van der Waals surface area (Å²) in [7, 11) is 0. The highest BCUT2D eigenvalue weighted by atomic mass is 16.5. The second kappa shape index (κ2) is 9.69. The number of aliphatic hydroxyl groups excluding tert-OH is 1. The molecule has 1 aliphatic heterocycles. The van der Waals surface area contributed by atoms with Crippen molar-refractivity contribution < 1.29 is 14.6 Å². The van der Waals surface area contributed by atoms with Gasteiger partial charge >= 0.3 is 0 Å². The molecule has 0 radical (unpaired) electrons. The summed E-state index contributed by atoms with van der Waals surface area (Å²) in [6, 6.07) is 19.9. The van der Waals surface area contributed by atoms with Crippen LogP contribution >= 0.6 is 0 Å². The van der Waals surface area contributed by atoms with Gasteiger partial charge in [-0.1, -0.05) is 60.7 Å². The summed E-state index contributed by atoms with van der Waals surface area (Å²) in [4.78, 5) is 12.8. The third-order valence-corrected chi connectivity index (χ3v) is 5.42. The molecule has 1 amide bonds. The molecule has 1 saturated heterocycles. The fourth-order valence-electron chi connectivity index (χ4n) is 3.88. The van der Waals surface area contributed by atoms with E-state index in [1.165, 1.54) is 5.56 Å². The van der Waals surface area contributed by atoms with E-state index in [1.807, 2.05) is 59.4 Å². The summed E-state index contributed by atoms with van der Waals surface area (Å²) in [5, 5.41) is 17.6. The van der Waals surface area contributed by atoms with E-state index in [2.05, 4.69) is 22.5 Å². The van der Waals surface area contributed by atoms with Gasteiger partial charge in [-0.2, -0.15) is 5.10 Å². The summed E-state index contributed by atoms with van der Waals surface area (Å²) in [5.41, 5.74) is 3.13. The third-order valence-electron chi connectivity index (χ3n) is 5.42. The number of benzene rings is 2. The topological polar surface area (TPSA) is 76.4 Å². The Morgan fingerprint density at radius 3 is 2.57 bits per heavy atom. The highest BCUT2D eigenvalue weighted by Gasteiger charge is 2.36. The maximum Gasteiger partial charge on any atom is 0.226 e. The molecule has 1 aliphatic rings. The van der Waals surface area contributed by atoms with Crippen molar-refractivity contribution in [3.8, 4) is 0 Å². The molecule has 2 N–H and O–H groups in total. The number of hydrogen-bond donors (Lipinski definition) is 2. The maximum atomic E-state index is 12.8. The van der Waals surface area contributed by atoms with Crippen molar-refractivity contribution in [3.63, 3.8) is 0 Å². The summed E-state index contributed by atoms with van der Waals surface area (Å²) in [6.07, 6.45) is 3.98. The van der Waals surface area contributed by atoms with Crippen molar-refractivity contribution in [2.75, 3.05) is 13.2 Å². The smallest absolute Gasteiger partial charge is 0.226 e. The molecule has 1 unspecified atom stereocenters. The number of nitrogens with zero attached hydrogens (tertiary/aromatic N) is 2. The van der Waals surface area contributed by atoms with Crippen LogP contribution in [0.4, 0.5) is 0 Å². The lowest BCUT2D eigenvalue weighted by atomic mass is 9.96. The fourth-order valence-corrected chi connectivity index (χ4v) is 3.88. The fraction of sp³-hybridized carbons (Fsp3) is 0.333. The first-order valence-electron chi connectivity index (χ1n) is 10.4. The van der Waals surface area contributed by atoms with E-state index in [1.54, 1.807) is 6.20 Å². The van der Waals surface area contributed by atoms with Gasteiger partial charge in [-0.3, -0.25) is 9.48 Å². The average molecular weight is 405 g/mol. The minimum Gasteiger partial charge on any atom is -0.391 e. The van der Waals surface area contributed by atoms with Crippen molar-refractivity contribution in [3.05, 3.63) is 89.7 Å². The Morgan fingerprint density at radius 2 is 1.83 bits per heavy atom. The molecule has 0 saturated carbocycles. The van der Waals surface area contributed by atoms with Crippen molar-refractivity contribution in [1.82, 2.24) is 15.1 Å². The monoisotopic (exact) mass is 405 g/mol. The Kier molecular flexibility index (Phi) is 6.57. The lowest BCUT2D eigenvalue weighted by Crippen LogP contribution is -2.38. The van der Waals surface area contributed by atoms with Gasteiger partial charge in [0, 0.05) is 31.3 Å². The Balaban J connectivity index is 1.32. The Labute approximate surface area is 176 Å². The molecule has 156 valence electrons. The number of carbonyl (C=O) groups excluding carboxylic acids is 1. The number of rotatable bonds is 8. The van der Waals surface area contributed by atoms with Crippen LogP contribution in [0.3, 0.4) is 0 Å². The lowest BCUT2D eigenvalue weighted by molar-refractivity contribution is -0.127. The maximum absolute atomic E-state index is 12.8. The van der Waals surface area contributed by atoms with Crippen LogP contribution in [-0.4, -0.2) is 40.0 Å². The number of carbonyl (C=O) groups is 1. The van der Waals surface area contributed by atoms with Crippen LogP contribution in [0.15, 0.2) is 73.1 Å². The molecule has 2 heterocycles. The van der Waals surface area contributed by atoms with E-state index in [0.717, 1.165) is 11.1 Å². The molecule has 4 rings (SSSR count). The Morgan fingerprint density at radius 1 is 1.13 bits per heavy atom. The molecule has 6 heteroatoms. The third kappa shape index (κ3) is 5.14. The second-order valence-corrected chi connectivity index (χ2v) is 7.73. The van der Waals surface area contributed by atoms with Crippen molar-refractivity contribution >= 4 is 5.91 Å². The molecule has 0 spiro atoms. The zero-order valence-electron chi connectivity index (χ0n) is 16.9. The summed E-state index contributed by atoms with van der Waals surface area (Å²) in [5.74, 6) is -0.358. The Bertz CT molecular complexity index is 943. The summed E-state index contributed by atoms with van der Waals surface area (Å²) in [6.45, 7) is 1.44. The second-order valence-electron chi connectivity index (χ2n) is 7.73. The quantitative estimate of drug-likeness (QED) is 0.604. The first-order chi connectivity index (χ1) is 14.7. The molecule has 30 heavy (non-hydrogen) atoms. The number of aromatic nitrogens is 2. The van der Waals surface area contributed by atoms with E-state index in [4.69, 9.17) is 4.74 Å². The minimum absolute atomic E-state index is 0.0829. The van der Waals surface area contributed by atoms with E-state index in [-0.39, 0.29) is 24.5 Å². The molecule has 6 nitrogen and oxygen atoms in total. The number of nitrogens with one attached hydrogen (secondary N) is 1. The van der Waals surface area contributed by atoms with Gasteiger partial charge in [-0.25, -0.2) is 0 Å². The molecule has 0 aliphatic carbocycles. The van der Waals surface area contributed by atoms with Gasteiger partial charge < -0.3 is 15.2 Å².